The maximum Gasteiger partial charge on any atom is 0.128 e. The summed E-state index contributed by atoms with van der Waals surface area (Å²) < 4.78 is 14.5. The van der Waals surface area contributed by atoms with Crippen LogP contribution in [0.1, 0.15) is 68.9 Å². The number of hydrogen-bond donors (Lipinski definition) is 1. The molecular formula is C19H28FN. The van der Waals surface area contributed by atoms with Crippen LogP contribution in [-0.2, 0) is 5.54 Å². The zero-order chi connectivity index (χ0) is 14.9. The van der Waals surface area contributed by atoms with E-state index in [0.29, 0.717) is 11.8 Å². The largest absolute Gasteiger partial charge is 0.321 e. The summed E-state index contributed by atoms with van der Waals surface area (Å²) in [7, 11) is 0. The number of hydrogen-bond acceptors (Lipinski definition) is 1. The van der Waals surface area contributed by atoms with Crippen LogP contribution in [0.3, 0.4) is 0 Å². The molecule has 0 spiro atoms. The third kappa shape index (κ3) is 2.88. The summed E-state index contributed by atoms with van der Waals surface area (Å²) in [6, 6.07) is 5.45. The maximum absolute atomic E-state index is 14.5. The quantitative estimate of drug-likeness (QED) is 0.809. The topological polar surface area (TPSA) is 26.0 Å². The van der Waals surface area contributed by atoms with Gasteiger partial charge in [0.05, 0.1) is 0 Å². The Morgan fingerprint density at radius 2 is 1.76 bits per heavy atom. The summed E-state index contributed by atoms with van der Waals surface area (Å²) in [5, 5.41) is 0. The molecule has 1 nitrogen and oxygen atoms in total. The van der Waals surface area contributed by atoms with Crippen LogP contribution in [0.2, 0.25) is 0 Å². The van der Waals surface area contributed by atoms with Crippen molar-refractivity contribution in [1.29, 1.82) is 0 Å². The van der Waals surface area contributed by atoms with Gasteiger partial charge in [0.2, 0.25) is 0 Å². The minimum Gasteiger partial charge on any atom is -0.321 e. The van der Waals surface area contributed by atoms with Gasteiger partial charge in [-0.25, -0.2) is 4.39 Å². The van der Waals surface area contributed by atoms with Crippen molar-refractivity contribution in [3.8, 4) is 0 Å². The van der Waals surface area contributed by atoms with Crippen molar-refractivity contribution in [3.05, 3.63) is 35.1 Å². The SMILES string of the molecule is Cc1ccc(F)c(C2(N)CCCCC2C2CCCCC2)c1. The minimum absolute atomic E-state index is 0.106. The molecule has 0 radical (unpaired) electrons. The van der Waals surface area contributed by atoms with E-state index in [4.69, 9.17) is 5.73 Å². The molecule has 2 aliphatic carbocycles. The third-order valence-electron chi connectivity index (χ3n) is 5.86. The summed E-state index contributed by atoms with van der Waals surface area (Å²) in [6.07, 6.45) is 11.1. The zero-order valence-electron chi connectivity index (χ0n) is 13.2. The van der Waals surface area contributed by atoms with E-state index in [-0.39, 0.29) is 5.82 Å². The Morgan fingerprint density at radius 3 is 2.52 bits per heavy atom. The molecule has 2 unspecified atom stereocenters. The molecule has 2 aliphatic rings. The first-order chi connectivity index (χ1) is 10.1. The molecule has 2 fully saturated rings. The first-order valence-corrected chi connectivity index (χ1v) is 8.67. The van der Waals surface area contributed by atoms with Crippen LogP contribution in [0, 0.1) is 24.6 Å². The van der Waals surface area contributed by atoms with Crippen molar-refractivity contribution in [3.63, 3.8) is 0 Å². The molecule has 1 aromatic carbocycles. The van der Waals surface area contributed by atoms with Crippen LogP contribution in [0.5, 0.6) is 0 Å². The van der Waals surface area contributed by atoms with Crippen LogP contribution in [0.4, 0.5) is 4.39 Å². The van der Waals surface area contributed by atoms with E-state index >= 15 is 0 Å². The Balaban J connectivity index is 1.96. The Bertz CT molecular complexity index is 492. The molecule has 1 aromatic rings. The molecular weight excluding hydrogens is 261 g/mol. The fourth-order valence-electron chi connectivity index (χ4n) is 4.75. The molecule has 2 saturated carbocycles. The molecule has 0 aliphatic heterocycles. The number of benzene rings is 1. The fraction of sp³-hybridized carbons (Fsp3) is 0.684. The van der Waals surface area contributed by atoms with E-state index in [0.717, 1.165) is 24.0 Å². The maximum atomic E-state index is 14.5. The predicted molar refractivity (Wildman–Crippen MR) is 85.5 cm³/mol. The molecule has 0 bridgehead atoms. The number of halogens is 1. The van der Waals surface area contributed by atoms with Crippen molar-refractivity contribution < 1.29 is 4.39 Å². The average Bonchev–Trinajstić information content (AvgIpc) is 2.51. The van der Waals surface area contributed by atoms with Crippen molar-refractivity contribution in [1.82, 2.24) is 0 Å². The summed E-state index contributed by atoms with van der Waals surface area (Å²) in [5.74, 6) is 1.05. The highest BCUT2D eigenvalue weighted by molar-refractivity contribution is 5.32. The predicted octanol–water partition coefficient (Wildman–Crippen LogP) is 5.06. The van der Waals surface area contributed by atoms with Gasteiger partial charge in [-0.1, -0.05) is 62.6 Å². The molecule has 0 saturated heterocycles. The Hall–Kier alpha value is -0.890. The van der Waals surface area contributed by atoms with Gasteiger partial charge in [0.1, 0.15) is 5.82 Å². The van der Waals surface area contributed by atoms with Crippen molar-refractivity contribution in [2.45, 2.75) is 70.3 Å². The second-order valence-electron chi connectivity index (χ2n) is 7.27. The second-order valence-corrected chi connectivity index (χ2v) is 7.27. The lowest BCUT2D eigenvalue weighted by Crippen LogP contribution is -2.50. The molecule has 2 N–H and O–H groups in total. The van der Waals surface area contributed by atoms with Gasteiger partial charge >= 0.3 is 0 Å². The highest BCUT2D eigenvalue weighted by Gasteiger charge is 2.44. The van der Waals surface area contributed by atoms with Gasteiger partial charge in [0.15, 0.2) is 0 Å². The van der Waals surface area contributed by atoms with Crippen molar-refractivity contribution in [2.24, 2.45) is 17.6 Å². The molecule has 21 heavy (non-hydrogen) atoms. The van der Waals surface area contributed by atoms with E-state index in [1.165, 1.54) is 44.9 Å². The van der Waals surface area contributed by atoms with Gasteiger partial charge < -0.3 is 5.73 Å². The Kier molecular flexibility index (Phi) is 4.35. The van der Waals surface area contributed by atoms with E-state index in [2.05, 4.69) is 0 Å². The van der Waals surface area contributed by atoms with E-state index in [1.54, 1.807) is 6.07 Å². The van der Waals surface area contributed by atoms with Gasteiger partial charge in [0, 0.05) is 11.1 Å². The van der Waals surface area contributed by atoms with Gasteiger partial charge in [-0.15, -0.1) is 0 Å². The highest BCUT2D eigenvalue weighted by Crippen LogP contribution is 2.48. The summed E-state index contributed by atoms with van der Waals surface area (Å²) in [4.78, 5) is 0. The summed E-state index contributed by atoms with van der Waals surface area (Å²) in [5.41, 5.74) is 8.33. The van der Waals surface area contributed by atoms with Gasteiger partial charge in [-0.3, -0.25) is 0 Å². The molecule has 116 valence electrons. The van der Waals surface area contributed by atoms with E-state index < -0.39 is 5.54 Å². The Labute approximate surface area is 128 Å². The van der Waals surface area contributed by atoms with Crippen molar-refractivity contribution in [2.75, 3.05) is 0 Å². The third-order valence-corrected chi connectivity index (χ3v) is 5.86. The Morgan fingerprint density at radius 1 is 1.05 bits per heavy atom. The second kappa shape index (κ2) is 6.08. The lowest BCUT2D eigenvalue weighted by atomic mass is 9.61. The zero-order valence-corrected chi connectivity index (χ0v) is 13.2. The number of rotatable bonds is 2. The van der Waals surface area contributed by atoms with Crippen LogP contribution in [-0.4, -0.2) is 0 Å². The molecule has 3 rings (SSSR count). The van der Waals surface area contributed by atoms with Crippen LogP contribution in [0.15, 0.2) is 18.2 Å². The van der Waals surface area contributed by atoms with Crippen LogP contribution >= 0.6 is 0 Å². The lowest BCUT2D eigenvalue weighted by Gasteiger charge is -2.47. The molecule has 0 aromatic heterocycles. The molecule has 2 atom stereocenters. The summed E-state index contributed by atoms with van der Waals surface area (Å²) >= 11 is 0. The van der Waals surface area contributed by atoms with Gasteiger partial charge in [-0.2, -0.15) is 0 Å². The standard InChI is InChI=1S/C19H28FN/c1-14-10-11-18(20)17(13-14)19(21)12-6-5-9-16(19)15-7-3-2-4-8-15/h10-11,13,15-16H,2-9,12,21H2,1H3. The van der Waals surface area contributed by atoms with Gasteiger partial charge in [0.25, 0.3) is 0 Å². The normalized spacial score (nSPS) is 31.3. The molecule has 0 heterocycles. The lowest BCUT2D eigenvalue weighted by molar-refractivity contribution is 0.0958. The fourth-order valence-corrected chi connectivity index (χ4v) is 4.75. The van der Waals surface area contributed by atoms with Crippen molar-refractivity contribution >= 4 is 0 Å². The highest BCUT2D eigenvalue weighted by atomic mass is 19.1. The van der Waals surface area contributed by atoms with Gasteiger partial charge in [-0.05, 0) is 37.7 Å². The number of aryl methyl sites for hydroxylation is 1. The van der Waals surface area contributed by atoms with Crippen LogP contribution < -0.4 is 5.73 Å². The first-order valence-electron chi connectivity index (χ1n) is 8.67. The minimum atomic E-state index is -0.448. The number of nitrogens with two attached hydrogens (primary N) is 1. The average molecular weight is 289 g/mol. The van der Waals surface area contributed by atoms with E-state index in [1.807, 2.05) is 19.1 Å². The first kappa shape index (κ1) is 15.0. The summed E-state index contributed by atoms with van der Waals surface area (Å²) in [6.45, 7) is 2.03. The molecule has 0 amide bonds. The van der Waals surface area contributed by atoms with Crippen LogP contribution in [0.25, 0.3) is 0 Å². The smallest absolute Gasteiger partial charge is 0.128 e. The monoisotopic (exact) mass is 289 g/mol. The molecule has 2 heteroatoms. The van der Waals surface area contributed by atoms with E-state index in [9.17, 15) is 4.39 Å².